The van der Waals surface area contributed by atoms with Gasteiger partial charge in [0.05, 0.1) is 7.11 Å². The lowest BCUT2D eigenvalue weighted by molar-refractivity contribution is 0.411. The Balaban J connectivity index is 2.14. The minimum Gasteiger partial charge on any atom is -0.508 e. The Labute approximate surface area is 124 Å². The molecule has 0 aliphatic carbocycles. The van der Waals surface area contributed by atoms with Crippen molar-refractivity contribution >= 4 is 0 Å². The topological polar surface area (TPSA) is 41.5 Å². The molecule has 21 heavy (non-hydrogen) atoms. The Bertz CT molecular complexity index is 615. The maximum absolute atomic E-state index is 13.3. The first-order valence-corrected chi connectivity index (χ1v) is 6.89. The van der Waals surface area contributed by atoms with Gasteiger partial charge in [-0.05, 0) is 49.7 Å². The van der Waals surface area contributed by atoms with Crippen molar-refractivity contribution in [2.24, 2.45) is 0 Å². The smallest absolute Gasteiger partial charge is 0.123 e. The minimum absolute atomic E-state index is 0.0396. The van der Waals surface area contributed by atoms with Crippen LogP contribution in [0.5, 0.6) is 11.5 Å². The summed E-state index contributed by atoms with van der Waals surface area (Å²) in [5.41, 5.74) is 1.61. The van der Waals surface area contributed by atoms with Gasteiger partial charge in [-0.2, -0.15) is 0 Å². The van der Waals surface area contributed by atoms with Gasteiger partial charge in [0.25, 0.3) is 0 Å². The lowest BCUT2D eigenvalue weighted by atomic mass is 10.0. The minimum atomic E-state index is -0.356. The summed E-state index contributed by atoms with van der Waals surface area (Å²) in [4.78, 5) is 0. The Morgan fingerprint density at radius 2 is 1.86 bits per heavy atom. The Kier molecular flexibility index (Phi) is 4.81. The molecular weight excluding hydrogens is 269 g/mol. The Hall–Kier alpha value is -2.07. The number of rotatable bonds is 5. The Morgan fingerprint density at radius 1 is 1.10 bits per heavy atom. The van der Waals surface area contributed by atoms with Gasteiger partial charge < -0.3 is 15.2 Å². The molecule has 2 N–H and O–H groups in total. The van der Waals surface area contributed by atoms with Gasteiger partial charge in [-0.3, -0.25) is 0 Å². The first-order chi connectivity index (χ1) is 10.0. The number of nitrogens with one attached hydrogen (secondary N) is 1. The summed E-state index contributed by atoms with van der Waals surface area (Å²) in [5, 5.41) is 13.2. The van der Waals surface area contributed by atoms with Crippen molar-refractivity contribution in [3.8, 4) is 11.5 Å². The van der Waals surface area contributed by atoms with Crippen molar-refractivity contribution in [1.82, 2.24) is 5.32 Å². The molecular formula is C17H20FNO2. The van der Waals surface area contributed by atoms with Crippen LogP contribution in [0.1, 0.15) is 37.1 Å². The third-order valence-corrected chi connectivity index (χ3v) is 3.55. The highest BCUT2D eigenvalue weighted by Gasteiger charge is 2.15. The van der Waals surface area contributed by atoms with Crippen molar-refractivity contribution in [3.63, 3.8) is 0 Å². The molecule has 2 rings (SSSR count). The summed E-state index contributed by atoms with van der Waals surface area (Å²) in [6, 6.07) is 11.6. The molecule has 0 spiro atoms. The van der Waals surface area contributed by atoms with E-state index in [1.807, 2.05) is 38.1 Å². The molecule has 0 aliphatic heterocycles. The van der Waals surface area contributed by atoms with Crippen LogP contribution in [0, 0.1) is 5.82 Å². The molecule has 0 saturated heterocycles. The van der Waals surface area contributed by atoms with Crippen molar-refractivity contribution < 1.29 is 14.2 Å². The van der Waals surface area contributed by atoms with E-state index >= 15 is 0 Å². The number of aromatic hydroxyl groups is 1. The second-order valence-corrected chi connectivity index (χ2v) is 5.09. The number of benzene rings is 2. The van der Waals surface area contributed by atoms with Crippen LogP contribution in [-0.2, 0) is 0 Å². The molecule has 0 aromatic heterocycles. The predicted octanol–water partition coefficient (Wildman–Crippen LogP) is 3.95. The SMILES string of the molecule is COc1cccc([C@H](C)NC(C)c2cc(F)ccc2O)c1. The molecule has 3 nitrogen and oxygen atoms in total. The number of halogens is 1. The molecule has 0 radical (unpaired) electrons. The van der Waals surface area contributed by atoms with E-state index < -0.39 is 0 Å². The van der Waals surface area contributed by atoms with Crippen LogP contribution in [0.4, 0.5) is 4.39 Å². The molecule has 0 saturated carbocycles. The number of ether oxygens (including phenoxy) is 1. The fourth-order valence-corrected chi connectivity index (χ4v) is 2.34. The average molecular weight is 289 g/mol. The summed E-state index contributed by atoms with van der Waals surface area (Å²) < 4.78 is 18.5. The second kappa shape index (κ2) is 6.59. The third kappa shape index (κ3) is 3.73. The summed E-state index contributed by atoms with van der Waals surface area (Å²) in [6.45, 7) is 3.91. The number of phenolic OH excluding ortho intramolecular Hbond substituents is 1. The van der Waals surface area contributed by atoms with Crippen molar-refractivity contribution in [1.29, 1.82) is 0 Å². The molecule has 1 unspecified atom stereocenters. The zero-order valence-corrected chi connectivity index (χ0v) is 12.4. The average Bonchev–Trinajstić information content (AvgIpc) is 2.49. The van der Waals surface area contributed by atoms with Crippen LogP contribution >= 0.6 is 0 Å². The van der Waals surface area contributed by atoms with Gasteiger partial charge in [-0.1, -0.05) is 12.1 Å². The standard InChI is InChI=1S/C17H20FNO2/c1-11(13-5-4-6-15(9-13)21-3)19-12(2)16-10-14(18)7-8-17(16)20/h4-12,19-20H,1-3H3/t11-,12?/m0/s1. The normalized spacial score (nSPS) is 13.7. The van der Waals surface area contributed by atoms with Crippen LogP contribution in [0.25, 0.3) is 0 Å². The first kappa shape index (κ1) is 15.3. The largest absolute Gasteiger partial charge is 0.508 e. The number of hydrogen-bond donors (Lipinski definition) is 2. The van der Waals surface area contributed by atoms with E-state index in [0.717, 1.165) is 11.3 Å². The molecule has 0 aliphatic rings. The third-order valence-electron chi connectivity index (χ3n) is 3.55. The van der Waals surface area contributed by atoms with E-state index in [4.69, 9.17) is 4.74 Å². The summed E-state index contributed by atoms with van der Waals surface area (Å²) in [6.07, 6.45) is 0. The van der Waals surface area contributed by atoms with Crippen LogP contribution in [0.15, 0.2) is 42.5 Å². The lowest BCUT2D eigenvalue weighted by Gasteiger charge is -2.22. The van der Waals surface area contributed by atoms with Gasteiger partial charge in [-0.15, -0.1) is 0 Å². The van der Waals surface area contributed by atoms with Crippen LogP contribution in [-0.4, -0.2) is 12.2 Å². The fourth-order valence-electron chi connectivity index (χ4n) is 2.34. The molecule has 0 fully saturated rings. The molecule has 0 heterocycles. The van der Waals surface area contributed by atoms with Gasteiger partial charge in [0.15, 0.2) is 0 Å². The maximum atomic E-state index is 13.3. The summed E-state index contributed by atoms with van der Waals surface area (Å²) in [7, 11) is 1.63. The van der Waals surface area contributed by atoms with E-state index in [-0.39, 0.29) is 23.7 Å². The highest BCUT2D eigenvalue weighted by Crippen LogP contribution is 2.27. The molecule has 4 heteroatoms. The van der Waals surface area contributed by atoms with Crippen molar-refractivity contribution in [3.05, 3.63) is 59.4 Å². The lowest BCUT2D eigenvalue weighted by Crippen LogP contribution is -2.22. The molecule has 0 bridgehead atoms. The number of methoxy groups -OCH3 is 1. The number of hydrogen-bond acceptors (Lipinski definition) is 3. The van der Waals surface area contributed by atoms with Crippen molar-refractivity contribution in [2.75, 3.05) is 7.11 Å². The van der Waals surface area contributed by atoms with Gasteiger partial charge in [0, 0.05) is 17.6 Å². The van der Waals surface area contributed by atoms with E-state index in [1.54, 1.807) is 7.11 Å². The van der Waals surface area contributed by atoms with Gasteiger partial charge in [-0.25, -0.2) is 4.39 Å². The number of phenols is 1. The highest BCUT2D eigenvalue weighted by atomic mass is 19.1. The highest BCUT2D eigenvalue weighted by molar-refractivity contribution is 5.35. The Morgan fingerprint density at radius 3 is 2.57 bits per heavy atom. The zero-order valence-electron chi connectivity index (χ0n) is 12.4. The molecule has 112 valence electrons. The van der Waals surface area contributed by atoms with Crippen molar-refractivity contribution in [2.45, 2.75) is 25.9 Å². The fraction of sp³-hybridized carbons (Fsp3) is 0.294. The first-order valence-electron chi connectivity index (χ1n) is 6.89. The van der Waals surface area contributed by atoms with E-state index in [0.29, 0.717) is 5.56 Å². The molecule has 2 aromatic carbocycles. The van der Waals surface area contributed by atoms with Crippen LogP contribution < -0.4 is 10.1 Å². The molecule has 2 aromatic rings. The molecule has 2 atom stereocenters. The van der Waals surface area contributed by atoms with Gasteiger partial charge >= 0.3 is 0 Å². The summed E-state index contributed by atoms with van der Waals surface area (Å²) in [5.74, 6) is 0.530. The van der Waals surface area contributed by atoms with Crippen LogP contribution in [0.2, 0.25) is 0 Å². The van der Waals surface area contributed by atoms with Gasteiger partial charge in [0.1, 0.15) is 17.3 Å². The van der Waals surface area contributed by atoms with Gasteiger partial charge in [0.2, 0.25) is 0 Å². The van der Waals surface area contributed by atoms with E-state index in [2.05, 4.69) is 5.32 Å². The quantitative estimate of drug-likeness (QED) is 0.875. The maximum Gasteiger partial charge on any atom is 0.123 e. The van der Waals surface area contributed by atoms with Crippen LogP contribution in [0.3, 0.4) is 0 Å². The zero-order chi connectivity index (χ0) is 15.4. The molecule has 0 amide bonds. The monoisotopic (exact) mass is 289 g/mol. The van der Waals surface area contributed by atoms with E-state index in [9.17, 15) is 9.50 Å². The predicted molar refractivity (Wildman–Crippen MR) is 81.0 cm³/mol. The second-order valence-electron chi connectivity index (χ2n) is 5.09. The summed E-state index contributed by atoms with van der Waals surface area (Å²) >= 11 is 0. The van der Waals surface area contributed by atoms with E-state index in [1.165, 1.54) is 18.2 Å².